The Kier molecular flexibility index (Phi) is 6.23. The van der Waals surface area contributed by atoms with Gasteiger partial charge in [-0.25, -0.2) is 8.42 Å². The summed E-state index contributed by atoms with van der Waals surface area (Å²) in [7, 11) is -2.93. The molecule has 0 fully saturated rings. The normalized spacial score (nSPS) is 14.2. The number of benzene rings is 1. The maximum absolute atomic E-state index is 11.4. The van der Waals surface area contributed by atoms with Gasteiger partial charge in [-0.15, -0.1) is 0 Å². The van der Waals surface area contributed by atoms with Gasteiger partial charge >= 0.3 is 0 Å². The molecule has 0 heterocycles. The van der Waals surface area contributed by atoms with Crippen molar-refractivity contribution in [2.45, 2.75) is 38.6 Å². The number of hydrogen-bond donors (Lipinski definition) is 1. The van der Waals surface area contributed by atoms with Crippen LogP contribution in [0.3, 0.4) is 0 Å². The molecular formula is C15H24BrNO2S. The molecule has 0 aliphatic heterocycles. The fourth-order valence-electron chi connectivity index (χ4n) is 1.93. The molecule has 3 nitrogen and oxygen atoms in total. The van der Waals surface area contributed by atoms with Crippen LogP contribution in [0.25, 0.3) is 0 Å². The Labute approximate surface area is 131 Å². The van der Waals surface area contributed by atoms with Crippen LogP contribution in [0, 0.1) is 0 Å². The first kappa shape index (κ1) is 17.7. The Bertz CT molecular complexity index is 535. The van der Waals surface area contributed by atoms with E-state index in [4.69, 9.17) is 0 Å². The van der Waals surface area contributed by atoms with E-state index in [0.29, 0.717) is 6.42 Å². The van der Waals surface area contributed by atoms with Gasteiger partial charge < -0.3 is 5.32 Å². The summed E-state index contributed by atoms with van der Waals surface area (Å²) in [5.74, 6) is 0.414. The highest BCUT2D eigenvalue weighted by Gasteiger charge is 2.18. The van der Waals surface area contributed by atoms with Gasteiger partial charge in [0.1, 0.15) is 9.84 Å². The summed E-state index contributed by atoms with van der Waals surface area (Å²) in [6.07, 6.45) is 1.93. The fraction of sp³-hybridized carbons (Fsp3) is 0.600. The van der Waals surface area contributed by atoms with Crippen molar-refractivity contribution in [1.29, 1.82) is 0 Å². The zero-order valence-corrected chi connectivity index (χ0v) is 15.0. The SMILES string of the molecule is CC(C)(C)NCC(CCS(C)(=O)=O)c1cccc(Br)c1. The smallest absolute Gasteiger partial charge is 0.147 e. The number of nitrogens with one attached hydrogen (secondary N) is 1. The molecule has 1 atom stereocenters. The Morgan fingerprint density at radius 2 is 1.95 bits per heavy atom. The van der Waals surface area contributed by atoms with Gasteiger partial charge in [0.15, 0.2) is 0 Å². The van der Waals surface area contributed by atoms with E-state index < -0.39 is 9.84 Å². The lowest BCUT2D eigenvalue weighted by atomic mass is 9.95. The van der Waals surface area contributed by atoms with E-state index in [9.17, 15) is 8.42 Å². The zero-order chi connectivity index (χ0) is 15.4. The quantitative estimate of drug-likeness (QED) is 0.844. The molecule has 0 aliphatic carbocycles. The molecule has 0 bridgehead atoms. The first-order valence-corrected chi connectivity index (χ1v) is 9.60. The van der Waals surface area contributed by atoms with Crippen molar-refractivity contribution < 1.29 is 8.42 Å². The molecule has 0 spiro atoms. The summed E-state index contributed by atoms with van der Waals surface area (Å²) in [6.45, 7) is 7.11. The van der Waals surface area contributed by atoms with Crippen LogP contribution in [0.2, 0.25) is 0 Å². The lowest BCUT2D eigenvalue weighted by Gasteiger charge is -2.25. The van der Waals surface area contributed by atoms with Crippen LogP contribution in [-0.2, 0) is 9.84 Å². The molecule has 0 amide bonds. The van der Waals surface area contributed by atoms with Gasteiger partial charge in [0, 0.05) is 22.8 Å². The van der Waals surface area contributed by atoms with Crippen molar-refractivity contribution in [1.82, 2.24) is 5.32 Å². The van der Waals surface area contributed by atoms with Gasteiger partial charge in [0.25, 0.3) is 0 Å². The van der Waals surface area contributed by atoms with Crippen molar-refractivity contribution in [2.24, 2.45) is 0 Å². The van der Waals surface area contributed by atoms with E-state index in [0.717, 1.165) is 11.0 Å². The third-order valence-corrected chi connectivity index (χ3v) is 4.51. The summed E-state index contributed by atoms with van der Waals surface area (Å²) in [5, 5.41) is 3.47. The molecular weight excluding hydrogens is 338 g/mol. The van der Waals surface area contributed by atoms with Crippen LogP contribution in [-0.4, -0.2) is 32.5 Å². The Hall–Kier alpha value is -0.390. The van der Waals surface area contributed by atoms with Crippen LogP contribution in [0.4, 0.5) is 0 Å². The number of rotatable bonds is 6. The lowest BCUT2D eigenvalue weighted by Crippen LogP contribution is -2.38. The highest BCUT2D eigenvalue weighted by atomic mass is 79.9. The van der Waals surface area contributed by atoms with Crippen molar-refractivity contribution >= 4 is 25.8 Å². The molecule has 1 aromatic carbocycles. The van der Waals surface area contributed by atoms with E-state index in [1.54, 1.807) is 0 Å². The van der Waals surface area contributed by atoms with E-state index in [2.05, 4.69) is 54.2 Å². The van der Waals surface area contributed by atoms with Crippen LogP contribution in [0.5, 0.6) is 0 Å². The molecule has 1 aromatic rings. The third kappa shape index (κ3) is 7.41. The number of halogens is 1. The summed E-state index contributed by atoms with van der Waals surface area (Å²) in [5.41, 5.74) is 1.19. The average Bonchev–Trinajstić information content (AvgIpc) is 2.26. The second-order valence-corrected chi connectivity index (χ2v) is 9.48. The summed E-state index contributed by atoms with van der Waals surface area (Å²) in [6, 6.07) is 8.09. The van der Waals surface area contributed by atoms with Gasteiger partial charge in [-0.05, 0) is 50.8 Å². The standard InChI is InChI=1S/C15H24BrNO2S/c1-15(2,3)17-11-13(8-9-20(4,18)19)12-6-5-7-14(16)10-12/h5-7,10,13,17H,8-9,11H2,1-4H3. The molecule has 0 saturated heterocycles. The number of hydrogen-bond acceptors (Lipinski definition) is 3. The van der Waals surface area contributed by atoms with Crippen molar-refractivity contribution in [2.75, 3.05) is 18.6 Å². The van der Waals surface area contributed by atoms with E-state index in [1.807, 2.05) is 12.1 Å². The molecule has 0 radical (unpaired) electrons. The largest absolute Gasteiger partial charge is 0.311 e. The zero-order valence-electron chi connectivity index (χ0n) is 12.6. The molecule has 0 saturated carbocycles. The maximum atomic E-state index is 11.4. The van der Waals surface area contributed by atoms with Crippen LogP contribution >= 0.6 is 15.9 Å². The van der Waals surface area contributed by atoms with Crippen molar-refractivity contribution in [3.63, 3.8) is 0 Å². The average molecular weight is 362 g/mol. The third-order valence-electron chi connectivity index (χ3n) is 3.04. The second kappa shape index (κ2) is 7.05. The minimum atomic E-state index is -2.93. The summed E-state index contributed by atoms with van der Waals surface area (Å²) >= 11 is 3.47. The highest BCUT2D eigenvalue weighted by Crippen LogP contribution is 2.23. The monoisotopic (exact) mass is 361 g/mol. The van der Waals surface area contributed by atoms with Crippen LogP contribution in [0.1, 0.15) is 38.7 Å². The molecule has 1 unspecified atom stereocenters. The predicted octanol–water partition coefficient (Wildman–Crippen LogP) is 3.36. The molecule has 5 heteroatoms. The van der Waals surface area contributed by atoms with Gasteiger partial charge in [-0.1, -0.05) is 28.1 Å². The van der Waals surface area contributed by atoms with Crippen molar-refractivity contribution in [3.05, 3.63) is 34.3 Å². The summed E-state index contributed by atoms with van der Waals surface area (Å²) in [4.78, 5) is 0. The maximum Gasteiger partial charge on any atom is 0.147 e. The molecule has 1 N–H and O–H groups in total. The van der Waals surface area contributed by atoms with Crippen LogP contribution in [0.15, 0.2) is 28.7 Å². The van der Waals surface area contributed by atoms with Crippen molar-refractivity contribution in [3.8, 4) is 0 Å². The van der Waals surface area contributed by atoms with Gasteiger partial charge in [0.05, 0.1) is 5.75 Å². The minimum absolute atomic E-state index is 0.0232. The number of sulfone groups is 1. The van der Waals surface area contributed by atoms with E-state index >= 15 is 0 Å². The van der Waals surface area contributed by atoms with Gasteiger partial charge in [-0.3, -0.25) is 0 Å². The highest BCUT2D eigenvalue weighted by molar-refractivity contribution is 9.10. The first-order chi connectivity index (χ1) is 9.07. The van der Waals surface area contributed by atoms with Crippen LogP contribution < -0.4 is 5.32 Å². The Morgan fingerprint density at radius 3 is 2.45 bits per heavy atom. The molecule has 114 valence electrons. The lowest BCUT2D eigenvalue weighted by molar-refractivity contribution is 0.403. The first-order valence-electron chi connectivity index (χ1n) is 6.75. The van der Waals surface area contributed by atoms with E-state index in [1.165, 1.54) is 11.8 Å². The summed E-state index contributed by atoms with van der Waals surface area (Å²) < 4.78 is 23.8. The van der Waals surface area contributed by atoms with Gasteiger partial charge in [-0.2, -0.15) is 0 Å². The minimum Gasteiger partial charge on any atom is -0.311 e. The molecule has 1 rings (SSSR count). The molecule has 0 aliphatic rings. The second-order valence-electron chi connectivity index (χ2n) is 6.30. The Balaban J connectivity index is 2.83. The predicted molar refractivity (Wildman–Crippen MR) is 89.0 cm³/mol. The Morgan fingerprint density at radius 1 is 1.30 bits per heavy atom. The molecule has 0 aromatic heterocycles. The van der Waals surface area contributed by atoms with Gasteiger partial charge in [0.2, 0.25) is 0 Å². The fourth-order valence-corrected chi connectivity index (χ4v) is 3.06. The van der Waals surface area contributed by atoms with E-state index in [-0.39, 0.29) is 17.2 Å². The molecule has 20 heavy (non-hydrogen) atoms. The topological polar surface area (TPSA) is 46.2 Å².